The molecule has 0 aliphatic heterocycles. The van der Waals surface area contributed by atoms with Gasteiger partial charge in [-0.25, -0.2) is 9.98 Å². The largest absolute Gasteiger partial charge is 0.493 e. The molecular formula is C21H33IN4O2S. The van der Waals surface area contributed by atoms with Crippen LogP contribution in [0.15, 0.2) is 29.3 Å². The lowest BCUT2D eigenvalue weighted by Crippen LogP contribution is -2.38. The van der Waals surface area contributed by atoms with Crippen LogP contribution in [0.25, 0.3) is 0 Å². The Kier molecular flexibility index (Phi) is 12.9. The maximum atomic E-state index is 5.76. The molecule has 2 N–H and O–H groups in total. The predicted octanol–water partition coefficient (Wildman–Crippen LogP) is 4.09. The minimum absolute atomic E-state index is 0. The zero-order chi connectivity index (χ0) is 20.2. The standard InChI is InChI=1S/C21H32N4O2S.HI/c1-5-22-21(23-11-10-20-25-16(2)17(3)28-20)24-15-18-8-6-9-19(14-18)27-13-7-12-26-4;/h6,8-9,14H,5,7,10-13,15H2,1-4H3,(H2,22,23,24);1H. The number of aryl methyl sites for hydroxylation is 2. The first kappa shape index (κ1) is 25.6. The molecule has 1 aromatic heterocycles. The topological polar surface area (TPSA) is 67.8 Å². The van der Waals surface area contributed by atoms with Crippen LogP contribution in [0.5, 0.6) is 5.75 Å². The molecule has 29 heavy (non-hydrogen) atoms. The molecule has 0 bridgehead atoms. The average molecular weight is 532 g/mol. The van der Waals surface area contributed by atoms with Crippen molar-refractivity contribution in [2.45, 2.75) is 40.2 Å². The summed E-state index contributed by atoms with van der Waals surface area (Å²) in [5.41, 5.74) is 2.25. The number of benzene rings is 1. The van der Waals surface area contributed by atoms with E-state index in [0.29, 0.717) is 19.8 Å². The van der Waals surface area contributed by atoms with E-state index in [1.165, 1.54) is 4.88 Å². The molecule has 8 heteroatoms. The number of guanidine groups is 1. The number of hydrogen-bond acceptors (Lipinski definition) is 5. The molecule has 0 fully saturated rings. The molecule has 1 aromatic carbocycles. The summed E-state index contributed by atoms with van der Waals surface area (Å²) in [5, 5.41) is 7.85. The number of methoxy groups -OCH3 is 1. The van der Waals surface area contributed by atoms with Crippen molar-refractivity contribution in [1.82, 2.24) is 15.6 Å². The van der Waals surface area contributed by atoms with Crippen LogP contribution in [0.3, 0.4) is 0 Å². The van der Waals surface area contributed by atoms with Crippen LogP contribution in [0, 0.1) is 13.8 Å². The average Bonchev–Trinajstić information content (AvgIpc) is 3.01. The second kappa shape index (κ2) is 14.6. The van der Waals surface area contributed by atoms with E-state index in [2.05, 4.69) is 42.5 Å². The Hall–Kier alpha value is -1.39. The van der Waals surface area contributed by atoms with Gasteiger partial charge >= 0.3 is 0 Å². The first-order chi connectivity index (χ1) is 13.6. The minimum Gasteiger partial charge on any atom is -0.493 e. The number of thiazole rings is 1. The van der Waals surface area contributed by atoms with Gasteiger partial charge in [-0.05, 0) is 38.5 Å². The third-order valence-corrected chi connectivity index (χ3v) is 5.26. The van der Waals surface area contributed by atoms with E-state index < -0.39 is 0 Å². The van der Waals surface area contributed by atoms with Crippen molar-refractivity contribution >= 4 is 41.3 Å². The highest BCUT2D eigenvalue weighted by molar-refractivity contribution is 14.0. The molecule has 6 nitrogen and oxygen atoms in total. The summed E-state index contributed by atoms with van der Waals surface area (Å²) in [5.74, 6) is 1.69. The summed E-state index contributed by atoms with van der Waals surface area (Å²) >= 11 is 1.77. The van der Waals surface area contributed by atoms with Gasteiger partial charge < -0.3 is 20.1 Å². The number of nitrogens with one attached hydrogen (secondary N) is 2. The fourth-order valence-corrected chi connectivity index (χ4v) is 3.51. The van der Waals surface area contributed by atoms with Crippen LogP contribution in [-0.4, -0.2) is 44.4 Å². The Bertz CT molecular complexity index is 733. The molecule has 2 aromatic rings. The number of ether oxygens (including phenoxy) is 2. The molecule has 2 rings (SSSR count). The fourth-order valence-electron chi connectivity index (χ4n) is 2.57. The maximum absolute atomic E-state index is 5.76. The fraction of sp³-hybridized carbons (Fsp3) is 0.524. The van der Waals surface area contributed by atoms with Crippen molar-refractivity contribution in [2.24, 2.45) is 4.99 Å². The van der Waals surface area contributed by atoms with Gasteiger partial charge in [0.1, 0.15) is 5.75 Å². The molecule has 0 aliphatic rings. The van der Waals surface area contributed by atoms with E-state index in [1.54, 1.807) is 18.4 Å². The van der Waals surface area contributed by atoms with Crippen LogP contribution in [-0.2, 0) is 17.7 Å². The van der Waals surface area contributed by atoms with Gasteiger partial charge in [0.25, 0.3) is 0 Å². The van der Waals surface area contributed by atoms with Gasteiger partial charge in [0.2, 0.25) is 0 Å². The van der Waals surface area contributed by atoms with Crippen molar-refractivity contribution in [3.63, 3.8) is 0 Å². The van der Waals surface area contributed by atoms with Crippen LogP contribution >= 0.6 is 35.3 Å². The van der Waals surface area contributed by atoms with Gasteiger partial charge in [0.05, 0.1) is 23.9 Å². The van der Waals surface area contributed by atoms with Gasteiger partial charge in [0.15, 0.2) is 5.96 Å². The van der Waals surface area contributed by atoms with Crippen LogP contribution in [0.1, 0.15) is 34.5 Å². The molecule has 162 valence electrons. The molecular weight excluding hydrogens is 499 g/mol. The second-order valence-corrected chi connectivity index (χ2v) is 7.75. The monoisotopic (exact) mass is 532 g/mol. The highest BCUT2D eigenvalue weighted by Crippen LogP contribution is 2.16. The summed E-state index contributed by atoms with van der Waals surface area (Å²) in [6, 6.07) is 8.09. The summed E-state index contributed by atoms with van der Waals surface area (Å²) in [4.78, 5) is 10.6. The molecule has 0 aliphatic carbocycles. The second-order valence-electron chi connectivity index (χ2n) is 6.46. The number of aliphatic imine (C=N–C) groups is 1. The van der Waals surface area contributed by atoms with Crippen LogP contribution in [0.2, 0.25) is 0 Å². The number of aromatic nitrogens is 1. The van der Waals surface area contributed by atoms with E-state index in [9.17, 15) is 0 Å². The van der Waals surface area contributed by atoms with Crippen molar-refractivity contribution in [2.75, 3.05) is 33.4 Å². The summed E-state index contributed by atoms with van der Waals surface area (Å²) in [7, 11) is 1.70. The minimum atomic E-state index is 0. The quantitative estimate of drug-likeness (QED) is 0.198. The normalized spacial score (nSPS) is 11.1. The predicted molar refractivity (Wildman–Crippen MR) is 132 cm³/mol. The van der Waals surface area contributed by atoms with Crippen molar-refractivity contribution in [1.29, 1.82) is 0 Å². The van der Waals surface area contributed by atoms with Gasteiger partial charge in [-0.2, -0.15) is 0 Å². The van der Waals surface area contributed by atoms with Gasteiger partial charge in [-0.15, -0.1) is 35.3 Å². The van der Waals surface area contributed by atoms with Crippen LogP contribution in [0.4, 0.5) is 0 Å². The smallest absolute Gasteiger partial charge is 0.191 e. The van der Waals surface area contributed by atoms with E-state index >= 15 is 0 Å². The third-order valence-electron chi connectivity index (χ3n) is 4.13. The Morgan fingerprint density at radius 2 is 2.03 bits per heavy atom. The first-order valence-electron chi connectivity index (χ1n) is 9.78. The van der Waals surface area contributed by atoms with Gasteiger partial charge in [-0.1, -0.05) is 12.1 Å². The van der Waals surface area contributed by atoms with Crippen molar-refractivity contribution < 1.29 is 9.47 Å². The highest BCUT2D eigenvalue weighted by Gasteiger charge is 2.04. The third kappa shape index (κ3) is 9.77. The maximum Gasteiger partial charge on any atom is 0.191 e. The molecule has 0 atom stereocenters. The Balaban J connectivity index is 0.00000420. The SMILES string of the molecule is CCNC(=NCc1cccc(OCCCOC)c1)NCCc1nc(C)c(C)s1.I. The number of nitrogens with zero attached hydrogens (tertiary/aromatic N) is 2. The molecule has 0 spiro atoms. The molecule has 0 saturated heterocycles. The first-order valence-corrected chi connectivity index (χ1v) is 10.6. The van der Waals surface area contributed by atoms with Crippen molar-refractivity contribution in [3.05, 3.63) is 45.4 Å². The highest BCUT2D eigenvalue weighted by atomic mass is 127. The Labute approximate surface area is 195 Å². The number of hydrogen-bond donors (Lipinski definition) is 2. The van der Waals surface area contributed by atoms with E-state index in [4.69, 9.17) is 14.5 Å². The Morgan fingerprint density at radius 3 is 2.72 bits per heavy atom. The lowest BCUT2D eigenvalue weighted by Gasteiger charge is -2.11. The molecule has 0 radical (unpaired) electrons. The van der Waals surface area contributed by atoms with Crippen molar-refractivity contribution in [3.8, 4) is 5.75 Å². The lowest BCUT2D eigenvalue weighted by atomic mass is 10.2. The summed E-state index contributed by atoms with van der Waals surface area (Å²) in [6.07, 6.45) is 1.78. The number of rotatable bonds is 11. The van der Waals surface area contributed by atoms with Gasteiger partial charge in [-0.3, -0.25) is 0 Å². The van der Waals surface area contributed by atoms with Crippen LogP contribution < -0.4 is 15.4 Å². The zero-order valence-corrected chi connectivity index (χ0v) is 20.9. The molecule has 0 unspecified atom stereocenters. The molecule has 0 amide bonds. The lowest BCUT2D eigenvalue weighted by molar-refractivity contribution is 0.172. The molecule has 0 saturated carbocycles. The van der Waals surface area contributed by atoms with Gasteiger partial charge in [0, 0.05) is 44.5 Å². The zero-order valence-electron chi connectivity index (χ0n) is 17.8. The van der Waals surface area contributed by atoms with E-state index in [0.717, 1.165) is 53.9 Å². The Morgan fingerprint density at radius 1 is 1.21 bits per heavy atom. The molecule has 1 heterocycles. The van der Waals surface area contributed by atoms with E-state index in [1.807, 2.05) is 18.2 Å². The summed E-state index contributed by atoms with van der Waals surface area (Å²) in [6.45, 7) is 9.83. The number of halogens is 1. The summed E-state index contributed by atoms with van der Waals surface area (Å²) < 4.78 is 10.8. The van der Waals surface area contributed by atoms with E-state index in [-0.39, 0.29) is 24.0 Å².